The van der Waals surface area contributed by atoms with Gasteiger partial charge in [-0.1, -0.05) is 72.8 Å². The summed E-state index contributed by atoms with van der Waals surface area (Å²) < 4.78 is 49.4. The molecule has 0 amide bonds. The quantitative estimate of drug-likeness (QED) is 0.197. The Bertz CT molecular complexity index is 1250. The van der Waals surface area contributed by atoms with E-state index in [2.05, 4.69) is 12.2 Å². The molecule has 2 fully saturated rings. The van der Waals surface area contributed by atoms with Crippen molar-refractivity contribution >= 4 is 12.2 Å². The van der Waals surface area contributed by atoms with Crippen molar-refractivity contribution < 1.29 is 17.9 Å². The maximum absolute atomic E-state index is 15.1. The Kier molecular flexibility index (Phi) is 6.92. The minimum atomic E-state index is -0.781. The van der Waals surface area contributed by atoms with Gasteiger partial charge in [0.1, 0.15) is 11.9 Å². The summed E-state index contributed by atoms with van der Waals surface area (Å²) >= 11 is 0. The number of hydrogen-bond donors (Lipinski definition) is 0. The van der Waals surface area contributed by atoms with Gasteiger partial charge in [0.15, 0.2) is 11.6 Å². The van der Waals surface area contributed by atoms with E-state index in [0.29, 0.717) is 29.2 Å². The molecule has 1 unspecified atom stereocenters. The largest absolute Gasteiger partial charge is 0.368 e. The fourth-order valence-electron chi connectivity index (χ4n) is 5.10. The molecule has 180 valence electrons. The average Bonchev–Trinajstić information content (AvgIpc) is 3.71. The number of epoxide rings is 1. The van der Waals surface area contributed by atoms with Crippen LogP contribution in [-0.4, -0.2) is 6.61 Å². The highest BCUT2D eigenvalue weighted by Crippen LogP contribution is 2.39. The summed E-state index contributed by atoms with van der Waals surface area (Å²) in [5.41, 5.74) is 3.62. The van der Waals surface area contributed by atoms with Crippen molar-refractivity contribution in [3.05, 3.63) is 106 Å². The van der Waals surface area contributed by atoms with Gasteiger partial charge in [-0.05, 0) is 72.8 Å². The van der Waals surface area contributed by atoms with Crippen molar-refractivity contribution in [1.29, 1.82) is 0 Å². The van der Waals surface area contributed by atoms with Crippen LogP contribution in [0, 0.1) is 23.4 Å². The first-order chi connectivity index (χ1) is 17.0. The second-order valence-corrected chi connectivity index (χ2v) is 9.53. The molecule has 1 saturated carbocycles. The zero-order chi connectivity index (χ0) is 24.4. The van der Waals surface area contributed by atoms with E-state index in [1.165, 1.54) is 6.07 Å². The van der Waals surface area contributed by atoms with Crippen LogP contribution in [-0.2, 0) is 4.74 Å². The molecule has 0 aromatic heterocycles. The van der Waals surface area contributed by atoms with Gasteiger partial charge in [-0.2, -0.15) is 0 Å². The summed E-state index contributed by atoms with van der Waals surface area (Å²) in [5, 5.41) is 0. The zero-order valence-electron chi connectivity index (χ0n) is 19.8. The van der Waals surface area contributed by atoms with Crippen LogP contribution in [0.3, 0.4) is 0 Å². The van der Waals surface area contributed by atoms with Crippen molar-refractivity contribution in [3.8, 4) is 11.1 Å². The Morgan fingerprint density at radius 1 is 0.771 bits per heavy atom. The van der Waals surface area contributed by atoms with Gasteiger partial charge in [0.25, 0.3) is 0 Å². The molecule has 0 radical (unpaired) electrons. The molecular formula is C31H29F3O. The Hall–Kier alpha value is -3.11. The monoisotopic (exact) mass is 474 g/mol. The van der Waals surface area contributed by atoms with Crippen LogP contribution in [0.25, 0.3) is 23.3 Å². The molecule has 1 aliphatic carbocycles. The van der Waals surface area contributed by atoms with E-state index in [4.69, 9.17) is 4.74 Å². The summed E-state index contributed by atoms with van der Waals surface area (Å²) in [6.45, 7) is 2.59. The zero-order valence-corrected chi connectivity index (χ0v) is 19.8. The maximum atomic E-state index is 15.1. The highest BCUT2D eigenvalue weighted by Gasteiger charge is 2.28. The number of hydrogen-bond acceptors (Lipinski definition) is 1. The SMILES string of the molecule is C/C=C/C1CCC(c2ccc(-c3ccc(/C=C/c4ccc(C5CO5)c(F)c4)cc3)c(F)c2F)CC1. The van der Waals surface area contributed by atoms with E-state index >= 15 is 8.78 Å². The predicted octanol–water partition coefficient (Wildman–Crippen LogP) is 8.86. The average molecular weight is 475 g/mol. The Morgan fingerprint density at radius 3 is 2.09 bits per heavy atom. The van der Waals surface area contributed by atoms with Gasteiger partial charge in [-0.3, -0.25) is 0 Å². The lowest BCUT2D eigenvalue weighted by Gasteiger charge is -2.27. The van der Waals surface area contributed by atoms with E-state index in [-0.39, 0.29) is 23.4 Å². The van der Waals surface area contributed by atoms with E-state index in [0.717, 1.165) is 36.8 Å². The lowest BCUT2D eigenvalue weighted by Crippen LogP contribution is -2.13. The molecule has 0 N–H and O–H groups in total. The summed E-state index contributed by atoms with van der Waals surface area (Å²) in [6, 6.07) is 15.8. The first-order valence-electron chi connectivity index (χ1n) is 12.3. The predicted molar refractivity (Wildman–Crippen MR) is 135 cm³/mol. The van der Waals surface area contributed by atoms with Crippen LogP contribution in [0.2, 0.25) is 0 Å². The molecule has 1 saturated heterocycles. The molecule has 4 heteroatoms. The van der Waals surface area contributed by atoms with Crippen molar-refractivity contribution in [3.63, 3.8) is 0 Å². The van der Waals surface area contributed by atoms with Gasteiger partial charge in [-0.15, -0.1) is 0 Å². The number of allylic oxidation sites excluding steroid dienone is 2. The first-order valence-corrected chi connectivity index (χ1v) is 12.3. The van der Waals surface area contributed by atoms with Crippen molar-refractivity contribution in [1.82, 2.24) is 0 Å². The third-order valence-corrected chi connectivity index (χ3v) is 7.18. The minimum Gasteiger partial charge on any atom is -0.368 e. The van der Waals surface area contributed by atoms with Crippen LogP contribution in [0.15, 0.2) is 66.7 Å². The molecule has 5 rings (SSSR count). The molecular weight excluding hydrogens is 445 g/mol. The molecule has 0 spiro atoms. The summed E-state index contributed by atoms with van der Waals surface area (Å²) in [7, 11) is 0. The van der Waals surface area contributed by atoms with Gasteiger partial charge in [-0.25, -0.2) is 13.2 Å². The molecule has 1 heterocycles. The van der Waals surface area contributed by atoms with Gasteiger partial charge < -0.3 is 4.74 Å². The van der Waals surface area contributed by atoms with Crippen LogP contribution in [0.4, 0.5) is 13.2 Å². The number of rotatable bonds is 6. The number of halogens is 3. The van der Waals surface area contributed by atoms with Gasteiger partial charge in [0, 0.05) is 11.1 Å². The first kappa shape index (κ1) is 23.6. The van der Waals surface area contributed by atoms with Crippen molar-refractivity contribution in [2.75, 3.05) is 6.61 Å². The highest BCUT2D eigenvalue weighted by molar-refractivity contribution is 5.72. The van der Waals surface area contributed by atoms with E-state index in [9.17, 15) is 4.39 Å². The third kappa shape index (κ3) is 5.28. The van der Waals surface area contributed by atoms with E-state index in [1.54, 1.807) is 30.3 Å². The molecule has 1 atom stereocenters. The fraction of sp³-hybridized carbons (Fsp3) is 0.290. The number of benzene rings is 3. The molecule has 1 aliphatic heterocycles. The summed E-state index contributed by atoms with van der Waals surface area (Å²) in [6.07, 6.45) is 11.7. The summed E-state index contributed by atoms with van der Waals surface area (Å²) in [4.78, 5) is 0. The highest BCUT2D eigenvalue weighted by atomic mass is 19.2. The third-order valence-electron chi connectivity index (χ3n) is 7.18. The Labute approximate surface area is 205 Å². The topological polar surface area (TPSA) is 12.5 Å². The minimum absolute atomic E-state index is 0.0725. The molecule has 0 bridgehead atoms. The Morgan fingerprint density at radius 2 is 1.43 bits per heavy atom. The van der Waals surface area contributed by atoms with Crippen LogP contribution in [0.1, 0.15) is 66.9 Å². The Balaban J connectivity index is 1.29. The standard InChI is InChI=1S/C31H29F3O/c1-2-3-20-6-11-23(12-7-20)25-16-17-26(31(34)30(25)33)24-13-8-21(9-14-24)4-5-22-10-15-27(28(32)18-22)29-19-35-29/h2-5,8-10,13-18,20,23,29H,6-7,11-12,19H2,1H3/b3-2+,5-4+. The van der Waals surface area contributed by atoms with Crippen molar-refractivity contribution in [2.45, 2.75) is 44.6 Å². The lowest BCUT2D eigenvalue weighted by molar-refractivity contribution is 0.364. The lowest BCUT2D eigenvalue weighted by atomic mass is 9.78. The summed E-state index contributed by atoms with van der Waals surface area (Å²) in [5.74, 6) is -1.15. The number of ether oxygens (including phenoxy) is 1. The molecule has 35 heavy (non-hydrogen) atoms. The van der Waals surface area contributed by atoms with E-state index < -0.39 is 11.6 Å². The van der Waals surface area contributed by atoms with Crippen LogP contribution in [0.5, 0.6) is 0 Å². The second kappa shape index (κ2) is 10.2. The smallest absolute Gasteiger partial charge is 0.166 e. The van der Waals surface area contributed by atoms with Crippen molar-refractivity contribution in [2.24, 2.45) is 5.92 Å². The van der Waals surface area contributed by atoms with Gasteiger partial charge >= 0.3 is 0 Å². The molecule has 1 nitrogen and oxygen atoms in total. The van der Waals surface area contributed by atoms with Crippen LogP contribution >= 0.6 is 0 Å². The molecule has 3 aromatic rings. The van der Waals surface area contributed by atoms with Crippen LogP contribution < -0.4 is 0 Å². The maximum Gasteiger partial charge on any atom is 0.166 e. The second-order valence-electron chi connectivity index (χ2n) is 9.53. The molecule has 3 aromatic carbocycles. The van der Waals surface area contributed by atoms with Gasteiger partial charge in [0.2, 0.25) is 0 Å². The van der Waals surface area contributed by atoms with Gasteiger partial charge in [0.05, 0.1) is 6.61 Å². The van der Waals surface area contributed by atoms with E-state index in [1.807, 2.05) is 37.3 Å². The molecule has 2 aliphatic rings. The fourth-order valence-corrected chi connectivity index (χ4v) is 5.10. The normalized spacial score (nSPS) is 22.2.